The summed E-state index contributed by atoms with van der Waals surface area (Å²) in [6.07, 6.45) is 2.36. The maximum absolute atomic E-state index is 12.1. The predicted octanol–water partition coefficient (Wildman–Crippen LogP) is 1.59. The normalized spacial score (nSPS) is 14.4. The predicted molar refractivity (Wildman–Crippen MR) is 74.3 cm³/mol. The molecule has 0 fully saturated rings. The van der Waals surface area contributed by atoms with Gasteiger partial charge in [-0.3, -0.25) is 4.79 Å². The maximum Gasteiger partial charge on any atom is 0.268 e. The number of ether oxygens (including phenoxy) is 1. The summed E-state index contributed by atoms with van der Waals surface area (Å²) < 4.78 is 6.83. The number of nitrogens with one attached hydrogen (secondary N) is 1. The number of hydrogen-bond acceptors (Lipinski definition) is 3. The van der Waals surface area contributed by atoms with Gasteiger partial charge < -0.3 is 19.7 Å². The Morgan fingerprint density at radius 1 is 1.58 bits per heavy atom. The molecule has 19 heavy (non-hydrogen) atoms. The fourth-order valence-corrected chi connectivity index (χ4v) is 1.81. The van der Waals surface area contributed by atoms with Crippen LogP contribution < -0.4 is 5.32 Å². The zero-order valence-electron chi connectivity index (χ0n) is 12.1. The number of amides is 1. The number of aliphatic hydroxyl groups is 1. The van der Waals surface area contributed by atoms with Crippen LogP contribution >= 0.6 is 0 Å². The third-order valence-electron chi connectivity index (χ3n) is 3.04. The monoisotopic (exact) mass is 268 g/mol. The van der Waals surface area contributed by atoms with Gasteiger partial charge in [-0.25, -0.2) is 0 Å². The Morgan fingerprint density at radius 2 is 2.26 bits per heavy atom. The first-order valence-corrected chi connectivity index (χ1v) is 6.54. The molecule has 0 radical (unpaired) electrons. The molecule has 1 unspecified atom stereocenters. The lowest BCUT2D eigenvalue weighted by molar-refractivity contribution is 0.0242. The van der Waals surface area contributed by atoms with Gasteiger partial charge in [-0.2, -0.15) is 0 Å². The number of rotatable bonds is 7. The van der Waals surface area contributed by atoms with Gasteiger partial charge in [0.05, 0.1) is 5.60 Å². The van der Waals surface area contributed by atoms with Gasteiger partial charge in [0.2, 0.25) is 0 Å². The zero-order chi connectivity index (χ0) is 14.5. The second-order valence-electron chi connectivity index (χ2n) is 5.32. The van der Waals surface area contributed by atoms with Crippen LogP contribution in [0.25, 0.3) is 0 Å². The first-order chi connectivity index (χ1) is 8.87. The molecule has 1 atom stereocenters. The minimum atomic E-state index is -0.957. The molecule has 1 amide bonds. The van der Waals surface area contributed by atoms with Crippen LogP contribution in [0.5, 0.6) is 0 Å². The summed E-state index contributed by atoms with van der Waals surface area (Å²) >= 11 is 0. The van der Waals surface area contributed by atoms with E-state index in [2.05, 4.69) is 5.32 Å². The lowest BCUT2D eigenvalue weighted by atomic mass is 10.0. The van der Waals surface area contributed by atoms with Crippen molar-refractivity contribution >= 4 is 5.91 Å². The lowest BCUT2D eigenvalue weighted by Crippen LogP contribution is -2.41. The average Bonchev–Trinajstić information content (AvgIpc) is 2.83. The van der Waals surface area contributed by atoms with Crippen LogP contribution in [0.4, 0.5) is 0 Å². The van der Waals surface area contributed by atoms with Crippen LogP contribution in [0, 0.1) is 0 Å². The summed E-state index contributed by atoms with van der Waals surface area (Å²) in [5, 5.41) is 12.8. The fourth-order valence-electron chi connectivity index (χ4n) is 1.81. The van der Waals surface area contributed by atoms with E-state index in [1.807, 2.05) is 30.7 Å². The number of carbonyl (C=O) groups is 1. The molecule has 0 spiro atoms. The van der Waals surface area contributed by atoms with Gasteiger partial charge in [-0.05, 0) is 32.9 Å². The van der Waals surface area contributed by atoms with Crippen molar-refractivity contribution in [3.05, 3.63) is 24.0 Å². The summed E-state index contributed by atoms with van der Waals surface area (Å²) in [6.45, 7) is 6.40. The summed E-state index contributed by atoms with van der Waals surface area (Å²) in [6, 6.07) is 3.85. The molecule has 0 aliphatic carbocycles. The minimum absolute atomic E-state index is 0.170. The highest BCUT2D eigenvalue weighted by Crippen LogP contribution is 2.12. The van der Waals surface area contributed by atoms with E-state index in [4.69, 9.17) is 4.74 Å². The summed E-state index contributed by atoms with van der Waals surface area (Å²) in [7, 11) is 1.59. The van der Waals surface area contributed by atoms with Crippen molar-refractivity contribution in [2.75, 3.05) is 20.3 Å². The second kappa shape index (κ2) is 6.73. The van der Waals surface area contributed by atoms with Gasteiger partial charge in [0, 0.05) is 38.9 Å². The molecule has 2 N–H and O–H groups in total. The number of hydrogen-bond donors (Lipinski definition) is 2. The highest BCUT2D eigenvalue weighted by atomic mass is 16.5. The van der Waals surface area contributed by atoms with Gasteiger partial charge >= 0.3 is 0 Å². The van der Waals surface area contributed by atoms with Crippen molar-refractivity contribution < 1.29 is 14.6 Å². The number of carbonyl (C=O) groups excluding carboxylic acids is 1. The van der Waals surface area contributed by atoms with Gasteiger partial charge in [-0.15, -0.1) is 0 Å². The van der Waals surface area contributed by atoms with E-state index in [0.717, 1.165) is 0 Å². The molecule has 1 heterocycles. The molecule has 1 rings (SSSR count). The first-order valence-electron chi connectivity index (χ1n) is 6.54. The molecule has 1 aromatic rings. The Balaban J connectivity index is 2.58. The van der Waals surface area contributed by atoms with Crippen LogP contribution in [0.2, 0.25) is 0 Å². The molecule has 0 bridgehead atoms. The number of aromatic nitrogens is 1. The molecular formula is C14H24N2O3. The van der Waals surface area contributed by atoms with E-state index in [9.17, 15) is 9.90 Å². The van der Waals surface area contributed by atoms with Crippen LogP contribution in [0.15, 0.2) is 18.3 Å². The fraction of sp³-hybridized carbons (Fsp3) is 0.643. The Labute approximate surface area is 114 Å². The van der Waals surface area contributed by atoms with Crippen molar-refractivity contribution in [2.45, 2.75) is 38.8 Å². The highest BCUT2D eigenvalue weighted by molar-refractivity contribution is 5.92. The van der Waals surface area contributed by atoms with E-state index in [0.29, 0.717) is 18.7 Å². The molecule has 1 aromatic heterocycles. The number of nitrogens with zero attached hydrogens (tertiary/aromatic N) is 1. The molecule has 108 valence electrons. The van der Waals surface area contributed by atoms with Crippen molar-refractivity contribution in [2.24, 2.45) is 0 Å². The standard InChI is InChI=1S/C14H24N2O3/c1-11(2)16-8-5-6-12(16)13(17)15-10-14(3,18)7-9-19-4/h5-6,8,11,18H,7,9-10H2,1-4H3,(H,15,17). The lowest BCUT2D eigenvalue weighted by Gasteiger charge is -2.23. The molecule has 5 heteroatoms. The second-order valence-corrected chi connectivity index (χ2v) is 5.32. The SMILES string of the molecule is COCCC(C)(O)CNC(=O)c1cccn1C(C)C. The van der Waals surface area contributed by atoms with Gasteiger partial charge in [-0.1, -0.05) is 0 Å². The first kappa shape index (κ1) is 15.7. The Hall–Kier alpha value is -1.33. The minimum Gasteiger partial charge on any atom is -0.388 e. The Morgan fingerprint density at radius 3 is 2.84 bits per heavy atom. The van der Waals surface area contributed by atoms with Crippen molar-refractivity contribution in [3.63, 3.8) is 0 Å². The van der Waals surface area contributed by atoms with Crippen LogP contribution in [-0.2, 0) is 4.74 Å². The molecule has 0 aromatic carbocycles. The summed E-state index contributed by atoms with van der Waals surface area (Å²) in [5.74, 6) is -0.170. The maximum atomic E-state index is 12.1. The van der Waals surface area contributed by atoms with Crippen LogP contribution in [0.1, 0.15) is 43.7 Å². The van der Waals surface area contributed by atoms with Gasteiger partial charge in [0.25, 0.3) is 5.91 Å². The van der Waals surface area contributed by atoms with Crippen molar-refractivity contribution in [1.29, 1.82) is 0 Å². The third kappa shape index (κ3) is 4.69. The summed E-state index contributed by atoms with van der Waals surface area (Å²) in [4.78, 5) is 12.1. The molecule has 0 aliphatic rings. The molecule has 0 aliphatic heterocycles. The van der Waals surface area contributed by atoms with Crippen LogP contribution in [-0.4, -0.2) is 41.4 Å². The molecule has 0 saturated carbocycles. The van der Waals surface area contributed by atoms with Crippen LogP contribution in [0.3, 0.4) is 0 Å². The van der Waals surface area contributed by atoms with Crippen molar-refractivity contribution in [3.8, 4) is 0 Å². The molecule has 5 nitrogen and oxygen atoms in total. The molecule has 0 saturated heterocycles. The van der Waals surface area contributed by atoms with E-state index >= 15 is 0 Å². The van der Waals surface area contributed by atoms with Gasteiger partial charge in [0.1, 0.15) is 5.69 Å². The molecular weight excluding hydrogens is 244 g/mol. The van der Waals surface area contributed by atoms with E-state index in [1.54, 1.807) is 20.1 Å². The van der Waals surface area contributed by atoms with E-state index < -0.39 is 5.60 Å². The smallest absolute Gasteiger partial charge is 0.268 e. The van der Waals surface area contributed by atoms with E-state index in [1.165, 1.54) is 0 Å². The quantitative estimate of drug-likeness (QED) is 0.789. The third-order valence-corrected chi connectivity index (χ3v) is 3.04. The average molecular weight is 268 g/mol. The van der Waals surface area contributed by atoms with Crippen molar-refractivity contribution in [1.82, 2.24) is 9.88 Å². The topological polar surface area (TPSA) is 63.5 Å². The number of methoxy groups -OCH3 is 1. The largest absolute Gasteiger partial charge is 0.388 e. The highest BCUT2D eigenvalue weighted by Gasteiger charge is 2.22. The Kier molecular flexibility index (Phi) is 5.57. The zero-order valence-corrected chi connectivity index (χ0v) is 12.1. The van der Waals surface area contributed by atoms with E-state index in [-0.39, 0.29) is 18.5 Å². The Bertz CT molecular complexity index is 411. The van der Waals surface area contributed by atoms with Gasteiger partial charge in [0.15, 0.2) is 0 Å². The summed E-state index contributed by atoms with van der Waals surface area (Å²) in [5.41, 5.74) is -0.349.